The molecule has 0 aliphatic rings. The molecule has 0 radical (unpaired) electrons. The van der Waals surface area contributed by atoms with Crippen LogP contribution in [0.5, 0.6) is 0 Å². The van der Waals surface area contributed by atoms with Crippen LogP contribution in [0.25, 0.3) is 0 Å². The molecule has 6 nitrogen and oxygen atoms in total. The fourth-order valence-electron chi connectivity index (χ4n) is 1.86. The first-order valence-electron chi connectivity index (χ1n) is 6.90. The molecule has 0 bridgehead atoms. The Labute approximate surface area is 135 Å². The Morgan fingerprint density at radius 3 is 2.12 bits per heavy atom. The third kappa shape index (κ3) is 5.65. The molecule has 0 saturated heterocycles. The highest BCUT2D eigenvalue weighted by Gasteiger charge is 2.31. The van der Waals surface area contributed by atoms with Crippen LogP contribution < -0.4 is 5.32 Å². The van der Waals surface area contributed by atoms with Crippen LogP contribution in [0, 0.1) is 0 Å². The van der Waals surface area contributed by atoms with E-state index >= 15 is 0 Å². The zero-order valence-corrected chi connectivity index (χ0v) is 12.6. The lowest BCUT2D eigenvalue weighted by atomic mass is 10.0. The van der Waals surface area contributed by atoms with Crippen LogP contribution in [-0.4, -0.2) is 33.9 Å². The summed E-state index contributed by atoms with van der Waals surface area (Å²) in [6.07, 6.45) is -6.61. The van der Waals surface area contributed by atoms with E-state index in [0.29, 0.717) is 12.1 Å². The number of rotatable bonds is 7. The molecule has 1 amide bonds. The number of carboxylic acid groups (broad SMARTS) is 1. The van der Waals surface area contributed by atoms with Crippen LogP contribution in [0.3, 0.4) is 0 Å². The molecule has 2 atom stereocenters. The molecule has 1 rings (SSSR count). The first-order chi connectivity index (χ1) is 11.0. The molecule has 0 aliphatic heterocycles. The molecule has 24 heavy (non-hydrogen) atoms. The number of aliphatic hydroxyl groups excluding tert-OH is 1. The van der Waals surface area contributed by atoms with Crippen molar-refractivity contribution in [1.29, 1.82) is 0 Å². The number of carboxylic acids is 1. The number of ketones is 1. The number of aliphatic hydroxyl groups is 1. The van der Waals surface area contributed by atoms with Crippen molar-refractivity contribution < 1.29 is 37.8 Å². The second-order valence-electron chi connectivity index (χ2n) is 5.16. The maximum atomic E-state index is 12.5. The first-order valence-corrected chi connectivity index (χ1v) is 6.90. The van der Waals surface area contributed by atoms with Gasteiger partial charge in [-0.2, -0.15) is 13.2 Å². The minimum absolute atomic E-state index is 0.0758. The fourth-order valence-corrected chi connectivity index (χ4v) is 1.86. The second-order valence-corrected chi connectivity index (χ2v) is 5.16. The van der Waals surface area contributed by atoms with Gasteiger partial charge in [0.05, 0.1) is 5.56 Å². The summed E-state index contributed by atoms with van der Waals surface area (Å²) in [5.74, 6) is -2.73. The summed E-state index contributed by atoms with van der Waals surface area (Å²) in [5.41, 5.74) is -1.06. The zero-order chi connectivity index (χ0) is 18.5. The lowest BCUT2D eigenvalue weighted by molar-refractivity contribution is -0.144. The number of aliphatic carboxylic acids is 1. The first kappa shape index (κ1) is 19.6. The van der Waals surface area contributed by atoms with E-state index in [1.807, 2.05) is 0 Å². The maximum Gasteiger partial charge on any atom is 0.416 e. The van der Waals surface area contributed by atoms with E-state index in [4.69, 9.17) is 5.11 Å². The number of carbonyl (C=O) groups excluding carboxylic acids is 2. The highest BCUT2D eigenvalue weighted by atomic mass is 19.4. The lowest BCUT2D eigenvalue weighted by Crippen LogP contribution is -2.43. The summed E-state index contributed by atoms with van der Waals surface area (Å²) in [6.45, 7) is 1.26. The molecule has 0 spiro atoms. The minimum atomic E-state index is -4.55. The minimum Gasteiger partial charge on any atom is -0.480 e. The van der Waals surface area contributed by atoms with Gasteiger partial charge in [-0.05, 0) is 31.0 Å². The van der Waals surface area contributed by atoms with Crippen molar-refractivity contribution in [1.82, 2.24) is 5.32 Å². The number of alkyl halides is 3. The van der Waals surface area contributed by atoms with Gasteiger partial charge in [-0.25, -0.2) is 4.79 Å². The maximum absolute atomic E-state index is 12.5. The SMILES string of the molecule is CC(=O)CC[C@@H](NC(=O)[C@@H](O)c1ccc(C(F)(F)F)cc1)C(=O)O. The number of carbonyl (C=O) groups is 3. The largest absolute Gasteiger partial charge is 0.480 e. The van der Waals surface area contributed by atoms with E-state index in [1.165, 1.54) is 6.92 Å². The molecule has 9 heteroatoms. The van der Waals surface area contributed by atoms with E-state index < -0.39 is 35.8 Å². The summed E-state index contributed by atoms with van der Waals surface area (Å²) in [5, 5.41) is 20.9. The summed E-state index contributed by atoms with van der Waals surface area (Å²) >= 11 is 0. The Bertz CT molecular complexity index is 613. The van der Waals surface area contributed by atoms with Crippen LogP contribution in [-0.2, 0) is 20.6 Å². The van der Waals surface area contributed by atoms with E-state index in [9.17, 15) is 32.7 Å². The third-order valence-corrected chi connectivity index (χ3v) is 3.20. The molecule has 0 saturated carbocycles. The van der Waals surface area contributed by atoms with Gasteiger partial charge >= 0.3 is 12.1 Å². The summed E-state index contributed by atoms with van der Waals surface area (Å²) < 4.78 is 37.4. The topological polar surface area (TPSA) is 104 Å². The average Bonchev–Trinajstić information content (AvgIpc) is 2.49. The number of benzene rings is 1. The molecular formula is C15H16F3NO5. The van der Waals surface area contributed by atoms with Gasteiger partial charge in [0.1, 0.15) is 11.8 Å². The molecule has 0 fully saturated rings. The van der Waals surface area contributed by atoms with Gasteiger partial charge in [0.2, 0.25) is 0 Å². The van der Waals surface area contributed by atoms with Crippen molar-refractivity contribution in [3.05, 3.63) is 35.4 Å². The van der Waals surface area contributed by atoms with E-state index in [2.05, 4.69) is 5.32 Å². The van der Waals surface area contributed by atoms with Crippen molar-refractivity contribution in [2.24, 2.45) is 0 Å². The van der Waals surface area contributed by atoms with Crippen LogP contribution in [0.15, 0.2) is 24.3 Å². The summed E-state index contributed by atoms with van der Waals surface area (Å²) in [6, 6.07) is 1.88. The predicted molar refractivity (Wildman–Crippen MR) is 75.9 cm³/mol. The van der Waals surface area contributed by atoms with Crippen molar-refractivity contribution in [2.75, 3.05) is 0 Å². The smallest absolute Gasteiger partial charge is 0.416 e. The van der Waals surface area contributed by atoms with Gasteiger partial charge < -0.3 is 20.3 Å². The van der Waals surface area contributed by atoms with Crippen molar-refractivity contribution in [3.8, 4) is 0 Å². The van der Waals surface area contributed by atoms with Crippen LogP contribution >= 0.6 is 0 Å². The normalized spacial score (nSPS) is 13.9. The third-order valence-electron chi connectivity index (χ3n) is 3.20. The number of hydrogen-bond donors (Lipinski definition) is 3. The second kappa shape index (κ2) is 7.91. The summed E-state index contributed by atoms with van der Waals surface area (Å²) in [4.78, 5) is 33.8. The van der Waals surface area contributed by atoms with E-state index in [0.717, 1.165) is 12.1 Å². The van der Waals surface area contributed by atoms with Crippen molar-refractivity contribution >= 4 is 17.7 Å². The average molecular weight is 347 g/mol. The van der Waals surface area contributed by atoms with E-state index in [1.54, 1.807) is 0 Å². The number of nitrogens with one attached hydrogen (secondary N) is 1. The number of halogens is 3. The summed E-state index contributed by atoms with van der Waals surface area (Å²) in [7, 11) is 0. The molecule has 0 heterocycles. The van der Waals surface area contributed by atoms with Gasteiger partial charge in [-0.15, -0.1) is 0 Å². The molecule has 1 aromatic carbocycles. The molecule has 0 aromatic heterocycles. The molecule has 0 unspecified atom stereocenters. The fraction of sp³-hybridized carbons (Fsp3) is 0.400. The van der Waals surface area contributed by atoms with Crippen molar-refractivity contribution in [2.45, 2.75) is 38.1 Å². The molecule has 3 N–H and O–H groups in total. The molecular weight excluding hydrogens is 331 g/mol. The van der Waals surface area contributed by atoms with Gasteiger partial charge in [-0.1, -0.05) is 12.1 Å². The molecule has 132 valence electrons. The monoisotopic (exact) mass is 347 g/mol. The van der Waals surface area contributed by atoms with Gasteiger partial charge in [-0.3, -0.25) is 4.79 Å². The Morgan fingerprint density at radius 2 is 1.71 bits per heavy atom. The number of amides is 1. The van der Waals surface area contributed by atoms with E-state index in [-0.39, 0.29) is 24.2 Å². The Kier molecular flexibility index (Phi) is 6.47. The van der Waals surface area contributed by atoms with Crippen LogP contribution in [0.4, 0.5) is 13.2 Å². The quantitative estimate of drug-likeness (QED) is 0.696. The van der Waals surface area contributed by atoms with Crippen molar-refractivity contribution in [3.63, 3.8) is 0 Å². The van der Waals surface area contributed by atoms with Crippen LogP contribution in [0.2, 0.25) is 0 Å². The highest BCUT2D eigenvalue weighted by molar-refractivity contribution is 5.87. The Hall–Kier alpha value is -2.42. The van der Waals surface area contributed by atoms with Crippen LogP contribution in [0.1, 0.15) is 37.0 Å². The van der Waals surface area contributed by atoms with Gasteiger partial charge in [0, 0.05) is 6.42 Å². The van der Waals surface area contributed by atoms with Gasteiger partial charge in [0.15, 0.2) is 6.10 Å². The number of Topliss-reactive ketones (excluding diaryl/α,β-unsaturated/α-hetero) is 1. The van der Waals surface area contributed by atoms with Gasteiger partial charge in [0.25, 0.3) is 5.91 Å². The predicted octanol–water partition coefficient (Wildman–Crippen LogP) is 1.68. The molecule has 1 aromatic rings. The standard InChI is InChI=1S/C15H16F3NO5/c1-8(20)2-7-11(14(23)24)19-13(22)12(21)9-3-5-10(6-4-9)15(16,17)18/h3-6,11-12,21H,2,7H2,1H3,(H,19,22)(H,23,24)/t11-,12+/m1/s1. The lowest BCUT2D eigenvalue weighted by Gasteiger charge is -2.17. The highest BCUT2D eigenvalue weighted by Crippen LogP contribution is 2.29. The Morgan fingerprint density at radius 1 is 1.17 bits per heavy atom. The molecule has 0 aliphatic carbocycles. The Balaban J connectivity index is 2.78. The number of hydrogen-bond acceptors (Lipinski definition) is 4. The zero-order valence-electron chi connectivity index (χ0n) is 12.6.